The summed E-state index contributed by atoms with van der Waals surface area (Å²) in [6, 6.07) is 0.291. The summed E-state index contributed by atoms with van der Waals surface area (Å²) in [6.45, 7) is 7.99. The highest BCUT2D eigenvalue weighted by atomic mass is 32.1. The van der Waals surface area contributed by atoms with Crippen molar-refractivity contribution in [3.05, 3.63) is 40.2 Å². The van der Waals surface area contributed by atoms with Gasteiger partial charge in [0.1, 0.15) is 17.4 Å². The van der Waals surface area contributed by atoms with Crippen LogP contribution in [0.5, 0.6) is 5.88 Å². The number of aromatic nitrogens is 1. The smallest absolute Gasteiger partial charge is 0.346 e. The van der Waals surface area contributed by atoms with Crippen LogP contribution in [0, 0.1) is 24.4 Å². The van der Waals surface area contributed by atoms with Crippen LogP contribution in [-0.4, -0.2) is 54.6 Å². The fourth-order valence-electron chi connectivity index (χ4n) is 3.11. The molecule has 8 nitrogen and oxygen atoms in total. The second-order valence-corrected chi connectivity index (χ2v) is 8.14. The first-order chi connectivity index (χ1) is 16.2. The molecular weight excluding hydrogens is 473 g/mol. The van der Waals surface area contributed by atoms with E-state index in [9.17, 15) is 22.8 Å². The summed E-state index contributed by atoms with van der Waals surface area (Å²) in [4.78, 5) is 26.8. The monoisotopic (exact) mass is 502 g/mol. The molecule has 188 valence electrons. The number of nitrogens with zero attached hydrogens (tertiary/aromatic N) is 2. The van der Waals surface area contributed by atoms with Gasteiger partial charge in [-0.25, -0.2) is 22.8 Å². The number of carbonyl (C=O) groups excluding carboxylic acids is 2. The quantitative estimate of drug-likeness (QED) is 0.253. The van der Waals surface area contributed by atoms with Crippen molar-refractivity contribution in [2.75, 3.05) is 38.6 Å². The minimum absolute atomic E-state index is 0.0403. The standard InChI is InChI=1S/C22H29F3N4O4S/c1-5-29(6-2)10-8-7-9-26-22(31)27-20-16(21(30)32-4)19(28-34-20)33-12-14-15(23)11-13(3)17(24)18(14)25/h11H,5-10,12H2,1-4H3,(H2,26,27,31). The molecule has 2 N–H and O–H groups in total. The van der Waals surface area contributed by atoms with Crippen LogP contribution in [0.1, 0.15) is 48.2 Å². The molecule has 0 aliphatic carbocycles. The maximum absolute atomic E-state index is 14.1. The lowest BCUT2D eigenvalue weighted by molar-refractivity contribution is 0.0596. The Morgan fingerprint density at radius 3 is 2.50 bits per heavy atom. The van der Waals surface area contributed by atoms with E-state index in [1.54, 1.807) is 0 Å². The molecule has 1 aromatic carbocycles. The van der Waals surface area contributed by atoms with E-state index in [2.05, 4.69) is 33.8 Å². The van der Waals surface area contributed by atoms with Crippen LogP contribution in [0.15, 0.2) is 6.07 Å². The molecule has 0 atom stereocenters. The number of benzene rings is 1. The lowest BCUT2D eigenvalue weighted by Gasteiger charge is -2.17. The van der Waals surface area contributed by atoms with Gasteiger partial charge in [-0.1, -0.05) is 13.8 Å². The van der Waals surface area contributed by atoms with Gasteiger partial charge in [0, 0.05) is 6.54 Å². The lowest BCUT2D eigenvalue weighted by atomic mass is 10.1. The van der Waals surface area contributed by atoms with Gasteiger partial charge < -0.3 is 19.7 Å². The number of halogens is 3. The number of esters is 1. The van der Waals surface area contributed by atoms with Crippen LogP contribution >= 0.6 is 11.5 Å². The maximum Gasteiger partial charge on any atom is 0.346 e. The minimum Gasteiger partial charge on any atom is -0.471 e. The van der Waals surface area contributed by atoms with Crippen molar-refractivity contribution in [1.82, 2.24) is 14.6 Å². The van der Waals surface area contributed by atoms with Gasteiger partial charge in [-0.2, -0.15) is 4.37 Å². The average molecular weight is 503 g/mol. The molecule has 0 saturated heterocycles. The number of unbranched alkanes of at least 4 members (excludes halogenated alkanes) is 1. The van der Waals surface area contributed by atoms with E-state index >= 15 is 0 Å². The SMILES string of the molecule is CCN(CC)CCCCNC(=O)Nc1snc(OCc2c(F)cc(C)c(F)c2F)c1C(=O)OC. The van der Waals surface area contributed by atoms with Gasteiger partial charge in [0.2, 0.25) is 5.88 Å². The van der Waals surface area contributed by atoms with Gasteiger partial charge in [-0.3, -0.25) is 5.32 Å². The maximum atomic E-state index is 14.1. The molecule has 34 heavy (non-hydrogen) atoms. The number of methoxy groups -OCH3 is 1. The van der Waals surface area contributed by atoms with E-state index < -0.39 is 41.6 Å². The molecule has 2 rings (SSSR count). The number of hydrogen-bond donors (Lipinski definition) is 2. The molecule has 2 aromatic rings. The van der Waals surface area contributed by atoms with Crippen molar-refractivity contribution >= 4 is 28.5 Å². The third-order valence-electron chi connectivity index (χ3n) is 5.15. The van der Waals surface area contributed by atoms with Gasteiger partial charge in [-0.15, -0.1) is 0 Å². The summed E-state index contributed by atoms with van der Waals surface area (Å²) in [5.74, 6) is -4.74. The number of urea groups is 1. The topological polar surface area (TPSA) is 92.8 Å². The molecule has 1 aromatic heterocycles. The Morgan fingerprint density at radius 2 is 1.85 bits per heavy atom. The molecule has 12 heteroatoms. The highest BCUT2D eigenvalue weighted by Gasteiger charge is 2.26. The molecule has 0 unspecified atom stereocenters. The third kappa shape index (κ3) is 7.07. The normalized spacial score (nSPS) is 10.9. The minimum atomic E-state index is -1.38. The van der Waals surface area contributed by atoms with E-state index in [0.29, 0.717) is 6.54 Å². The first-order valence-corrected chi connectivity index (χ1v) is 11.6. The van der Waals surface area contributed by atoms with Crippen LogP contribution < -0.4 is 15.4 Å². The van der Waals surface area contributed by atoms with Gasteiger partial charge >= 0.3 is 12.0 Å². The molecule has 1 heterocycles. The van der Waals surface area contributed by atoms with Crippen molar-refractivity contribution in [3.8, 4) is 5.88 Å². The Kier molecular flexibility index (Phi) is 10.6. The third-order valence-corrected chi connectivity index (χ3v) is 5.89. The fourth-order valence-corrected chi connectivity index (χ4v) is 3.83. The summed E-state index contributed by atoms with van der Waals surface area (Å²) >= 11 is 0.735. The zero-order valence-electron chi connectivity index (χ0n) is 19.6. The lowest BCUT2D eigenvalue weighted by Crippen LogP contribution is -2.30. The van der Waals surface area contributed by atoms with Gasteiger partial charge in [0.25, 0.3) is 0 Å². The molecule has 0 radical (unpaired) electrons. The predicted molar refractivity (Wildman–Crippen MR) is 123 cm³/mol. The Labute approximate surface area is 200 Å². The van der Waals surface area contributed by atoms with Gasteiger partial charge in [-0.05, 0) is 62.6 Å². The molecule has 0 spiro atoms. The highest BCUT2D eigenvalue weighted by Crippen LogP contribution is 2.32. The number of rotatable bonds is 12. The Hall–Kier alpha value is -2.86. The van der Waals surface area contributed by atoms with Crippen LogP contribution in [0.3, 0.4) is 0 Å². The molecular formula is C22H29F3N4O4S. The molecule has 2 amide bonds. The number of carbonyl (C=O) groups is 2. The Balaban J connectivity index is 2.02. The summed E-state index contributed by atoms with van der Waals surface area (Å²) in [7, 11) is 1.12. The molecule has 0 saturated carbocycles. The summed E-state index contributed by atoms with van der Waals surface area (Å²) in [6.07, 6.45) is 1.69. The average Bonchev–Trinajstić information content (AvgIpc) is 3.21. The number of nitrogens with one attached hydrogen (secondary N) is 2. The van der Waals surface area contributed by atoms with Crippen molar-refractivity contribution in [3.63, 3.8) is 0 Å². The Morgan fingerprint density at radius 1 is 1.15 bits per heavy atom. The van der Waals surface area contributed by atoms with E-state index in [1.165, 1.54) is 6.92 Å². The van der Waals surface area contributed by atoms with Crippen LogP contribution in [0.25, 0.3) is 0 Å². The van der Waals surface area contributed by atoms with E-state index in [0.717, 1.165) is 57.2 Å². The van der Waals surface area contributed by atoms with E-state index in [1.807, 2.05) is 0 Å². The van der Waals surface area contributed by atoms with Crippen LogP contribution in [0.4, 0.5) is 23.0 Å². The number of hydrogen-bond acceptors (Lipinski definition) is 7. The van der Waals surface area contributed by atoms with E-state index in [4.69, 9.17) is 9.47 Å². The van der Waals surface area contributed by atoms with Crippen molar-refractivity contribution in [2.24, 2.45) is 0 Å². The first-order valence-electron chi connectivity index (χ1n) is 10.8. The van der Waals surface area contributed by atoms with Crippen LogP contribution in [-0.2, 0) is 11.3 Å². The molecule has 0 bridgehead atoms. The van der Waals surface area contributed by atoms with Gasteiger partial charge in [0.05, 0.1) is 12.7 Å². The van der Waals surface area contributed by atoms with Crippen molar-refractivity contribution in [1.29, 1.82) is 0 Å². The molecule has 0 aliphatic rings. The zero-order valence-corrected chi connectivity index (χ0v) is 20.4. The number of anilines is 1. The largest absolute Gasteiger partial charge is 0.471 e. The van der Waals surface area contributed by atoms with Crippen molar-refractivity contribution < 1.29 is 32.2 Å². The fraction of sp³-hybridized carbons (Fsp3) is 0.500. The number of aryl methyl sites for hydroxylation is 1. The summed E-state index contributed by atoms with van der Waals surface area (Å²) in [5, 5.41) is 5.25. The first kappa shape index (κ1) is 27.4. The molecule has 0 fully saturated rings. The zero-order chi connectivity index (χ0) is 25.3. The Bertz CT molecular complexity index is 999. The summed E-state index contributed by atoms with van der Waals surface area (Å²) in [5.41, 5.74) is -1.05. The number of amides is 2. The number of ether oxygens (including phenoxy) is 2. The van der Waals surface area contributed by atoms with Crippen molar-refractivity contribution in [2.45, 2.75) is 40.2 Å². The predicted octanol–water partition coefficient (Wildman–Crippen LogP) is 4.48. The van der Waals surface area contributed by atoms with Gasteiger partial charge in [0.15, 0.2) is 17.2 Å². The van der Waals surface area contributed by atoms with E-state index in [-0.39, 0.29) is 22.0 Å². The molecule has 0 aliphatic heterocycles. The second kappa shape index (κ2) is 13.1. The second-order valence-electron chi connectivity index (χ2n) is 7.37. The highest BCUT2D eigenvalue weighted by molar-refractivity contribution is 7.11. The summed E-state index contributed by atoms with van der Waals surface area (Å²) < 4.78 is 55.9. The van der Waals surface area contributed by atoms with Crippen LogP contribution in [0.2, 0.25) is 0 Å².